The molecule has 0 radical (unpaired) electrons. The molecule has 0 spiro atoms. The Morgan fingerprint density at radius 2 is 1.12 bits per heavy atom. The Balaban J connectivity index is 2.04. The molecule has 3 rings (SSSR count). The van der Waals surface area contributed by atoms with Crippen LogP contribution in [-0.2, 0) is 0 Å². The lowest BCUT2D eigenvalue weighted by Crippen LogP contribution is -2.27. The highest BCUT2D eigenvalue weighted by atomic mass is 31.1. The Morgan fingerprint density at radius 3 is 1.48 bits per heavy atom. The van der Waals surface area contributed by atoms with E-state index in [9.17, 15) is 0 Å². The topological polar surface area (TPSA) is 27.7 Å². The molecule has 0 aliphatic heterocycles. The van der Waals surface area contributed by atoms with Crippen molar-refractivity contribution in [2.45, 2.75) is 75.5 Å². The second-order valence-electron chi connectivity index (χ2n) is 7.37. The second kappa shape index (κ2) is 9.12. The number of rotatable bonds is 6. The zero-order chi connectivity index (χ0) is 17.6. The van der Waals surface area contributed by atoms with Crippen LogP contribution in [-0.4, -0.2) is 32.6 Å². The molecular formula is C21H33O3P. The quantitative estimate of drug-likeness (QED) is 0.625. The Hall–Kier alpha value is -0.950. The summed E-state index contributed by atoms with van der Waals surface area (Å²) in [6.07, 6.45) is 13.9. The van der Waals surface area contributed by atoms with Crippen molar-refractivity contribution in [3.05, 3.63) is 12.1 Å². The molecule has 2 saturated carbocycles. The molecule has 1 aromatic rings. The molecular weight excluding hydrogens is 331 g/mol. The fourth-order valence-electron chi connectivity index (χ4n) is 4.62. The van der Waals surface area contributed by atoms with Crippen molar-refractivity contribution in [1.82, 2.24) is 0 Å². The Morgan fingerprint density at radius 1 is 0.680 bits per heavy atom. The summed E-state index contributed by atoms with van der Waals surface area (Å²) in [5, 5.41) is 1.36. The highest BCUT2D eigenvalue weighted by Gasteiger charge is 2.36. The van der Waals surface area contributed by atoms with Gasteiger partial charge in [-0.2, -0.15) is 0 Å². The van der Waals surface area contributed by atoms with Gasteiger partial charge in [-0.15, -0.1) is 0 Å². The van der Waals surface area contributed by atoms with Crippen molar-refractivity contribution < 1.29 is 14.2 Å². The second-order valence-corrected chi connectivity index (χ2v) is 10.1. The van der Waals surface area contributed by atoms with E-state index in [2.05, 4.69) is 12.1 Å². The lowest BCUT2D eigenvalue weighted by atomic mass is 9.99. The van der Waals surface area contributed by atoms with Gasteiger partial charge >= 0.3 is 0 Å². The van der Waals surface area contributed by atoms with E-state index in [-0.39, 0.29) is 7.92 Å². The van der Waals surface area contributed by atoms with Crippen molar-refractivity contribution in [3.63, 3.8) is 0 Å². The van der Waals surface area contributed by atoms with Crippen LogP contribution in [0.15, 0.2) is 12.1 Å². The highest BCUT2D eigenvalue weighted by Crippen LogP contribution is 2.58. The maximum Gasteiger partial charge on any atom is 0.133 e. The van der Waals surface area contributed by atoms with Gasteiger partial charge in [0.15, 0.2) is 0 Å². The van der Waals surface area contributed by atoms with Gasteiger partial charge in [0.1, 0.15) is 17.2 Å². The van der Waals surface area contributed by atoms with Gasteiger partial charge in [-0.25, -0.2) is 0 Å². The van der Waals surface area contributed by atoms with Gasteiger partial charge < -0.3 is 14.2 Å². The lowest BCUT2D eigenvalue weighted by Gasteiger charge is -2.39. The molecule has 2 fully saturated rings. The minimum atomic E-state index is -0.268. The Bertz CT molecular complexity index is 505. The van der Waals surface area contributed by atoms with Crippen LogP contribution >= 0.6 is 7.92 Å². The van der Waals surface area contributed by atoms with Gasteiger partial charge in [-0.1, -0.05) is 46.4 Å². The normalized spacial score (nSPS) is 19.8. The summed E-state index contributed by atoms with van der Waals surface area (Å²) in [6, 6.07) is 4.11. The summed E-state index contributed by atoms with van der Waals surface area (Å²) in [5.74, 6) is 2.76. The molecule has 0 unspecified atom stereocenters. The van der Waals surface area contributed by atoms with Gasteiger partial charge in [0, 0.05) is 12.1 Å². The first-order chi connectivity index (χ1) is 12.3. The molecule has 0 aromatic heterocycles. The monoisotopic (exact) mass is 364 g/mol. The van der Waals surface area contributed by atoms with E-state index < -0.39 is 0 Å². The largest absolute Gasteiger partial charge is 0.496 e. The zero-order valence-corrected chi connectivity index (χ0v) is 16.9. The van der Waals surface area contributed by atoms with E-state index in [1.807, 2.05) is 0 Å². The minimum Gasteiger partial charge on any atom is -0.496 e. The van der Waals surface area contributed by atoms with Crippen LogP contribution in [0.3, 0.4) is 0 Å². The average molecular weight is 364 g/mol. The van der Waals surface area contributed by atoms with Crippen LogP contribution in [0.1, 0.15) is 64.2 Å². The molecule has 0 amide bonds. The first kappa shape index (κ1) is 18.8. The van der Waals surface area contributed by atoms with E-state index in [1.165, 1.54) is 69.5 Å². The zero-order valence-electron chi connectivity index (χ0n) is 16.1. The molecule has 0 N–H and O–H groups in total. The Labute approximate surface area is 154 Å². The number of hydrogen-bond acceptors (Lipinski definition) is 3. The van der Waals surface area contributed by atoms with Crippen LogP contribution < -0.4 is 19.5 Å². The maximum atomic E-state index is 5.85. The first-order valence-corrected chi connectivity index (χ1v) is 11.3. The predicted octanol–water partition coefficient (Wildman–Crippen LogP) is 5.49. The summed E-state index contributed by atoms with van der Waals surface area (Å²) >= 11 is 0. The number of benzene rings is 1. The molecule has 2 aliphatic rings. The van der Waals surface area contributed by atoms with E-state index in [1.54, 1.807) is 21.3 Å². The molecule has 3 nitrogen and oxygen atoms in total. The molecule has 25 heavy (non-hydrogen) atoms. The maximum absolute atomic E-state index is 5.85. The van der Waals surface area contributed by atoms with Crippen molar-refractivity contribution in [3.8, 4) is 17.2 Å². The van der Waals surface area contributed by atoms with Crippen molar-refractivity contribution in [2.75, 3.05) is 21.3 Å². The van der Waals surface area contributed by atoms with Gasteiger partial charge in [0.2, 0.25) is 0 Å². The average Bonchev–Trinajstić information content (AvgIpc) is 2.69. The third kappa shape index (κ3) is 4.25. The number of methoxy groups -OCH3 is 3. The summed E-state index contributed by atoms with van der Waals surface area (Å²) in [4.78, 5) is 0. The molecule has 0 bridgehead atoms. The summed E-state index contributed by atoms with van der Waals surface area (Å²) in [7, 11) is 5.01. The van der Waals surface area contributed by atoms with Crippen molar-refractivity contribution in [2.24, 2.45) is 0 Å². The number of ether oxygens (including phenoxy) is 3. The summed E-state index contributed by atoms with van der Waals surface area (Å²) in [5.41, 5.74) is 1.64. The van der Waals surface area contributed by atoms with Crippen molar-refractivity contribution in [1.29, 1.82) is 0 Å². The molecule has 0 atom stereocenters. The van der Waals surface area contributed by atoms with Gasteiger partial charge in [0.05, 0.1) is 26.6 Å². The fraction of sp³-hybridized carbons (Fsp3) is 0.714. The molecule has 1 aromatic carbocycles. The summed E-state index contributed by atoms with van der Waals surface area (Å²) in [6.45, 7) is 0. The Kier molecular flexibility index (Phi) is 6.87. The number of hydrogen-bond donors (Lipinski definition) is 0. The molecule has 2 aliphatic carbocycles. The molecule has 4 heteroatoms. The van der Waals surface area contributed by atoms with Crippen molar-refractivity contribution >= 4 is 13.2 Å². The fourth-order valence-corrected chi connectivity index (χ4v) is 8.61. The van der Waals surface area contributed by atoms with Gasteiger partial charge in [-0.3, -0.25) is 0 Å². The SMILES string of the molecule is COc1cc(OC)c(P(C2CCCCC2)C2CCCCC2)c(OC)c1. The van der Waals surface area contributed by atoms with Gasteiger partial charge in [0.25, 0.3) is 0 Å². The highest BCUT2D eigenvalue weighted by molar-refractivity contribution is 7.67. The third-order valence-corrected chi connectivity index (χ3v) is 9.45. The van der Waals surface area contributed by atoms with Crippen LogP contribution in [0.25, 0.3) is 0 Å². The smallest absolute Gasteiger partial charge is 0.133 e. The first-order valence-electron chi connectivity index (χ1n) is 9.86. The van der Waals surface area contributed by atoms with Crippen LogP contribution in [0, 0.1) is 0 Å². The van der Waals surface area contributed by atoms with Crippen LogP contribution in [0.5, 0.6) is 17.2 Å². The predicted molar refractivity (Wildman–Crippen MR) is 106 cm³/mol. The lowest BCUT2D eigenvalue weighted by molar-refractivity contribution is 0.379. The van der Waals surface area contributed by atoms with Gasteiger partial charge in [-0.05, 0) is 37.0 Å². The standard InChI is InChI=1S/C21H33O3P/c1-22-16-14-19(23-2)21(20(15-16)24-3)25(17-10-6-4-7-11-17)18-12-8-5-9-13-18/h14-15,17-18H,4-13H2,1-3H3. The molecule has 140 valence electrons. The van der Waals surface area contributed by atoms with E-state index in [0.29, 0.717) is 0 Å². The van der Waals surface area contributed by atoms with E-state index in [4.69, 9.17) is 14.2 Å². The minimum absolute atomic E-state index is 0.268. The van der Waals surface area contributed by atoms with Crippen LogP contribution in [0.4, 0.5) is 0 Å². The molecule has 0 heterocycles. The third-order valence-electron chi connectivity index (χ3n) is 5.88. The van der Waals surface area contributed by atoms with E-state index in [0.717, 1.165) is 28.6 Å². The summed E-state index contributed by atoms with van der Waals surface area (Å²) < 4.78 is 17.2. The van der Waals surface area contributed by atoms with Crippen LogP contribution in [0.2, 0.25) is 0 Å². The van der Waals surface area contributed by atoms with E-state index >= 15 is 0 Å². The molecule has 0 saturated heterocycles.